The zero-order chi connectivity index (χ0) is 9.56. The number of carbonyl (C=O) groups is 1. The van der Waals surface area contributed by atoms with Crippen LogP contribution in [0.1, 0.15) is 19.8 Å². The molecule has 3 nitrogen and oxygen atoms in total. The van der Waals surface area contributed by atoms with Crippen molar-refractivity contribution in [3.63, 3.8) is 0 Å². The second-order valence-electron chi connectivity index (χ2n) is 2.46. The summed E-state index contributed by atoms with van der Waals surface area (Å²) in [6.45, 7) is 1.93. The van der Waals surface area contributed by atoms with Crippen LogP contribution in [0.5, 0.6) is 0 Å². The standard InChI is InChI=1S/C8H15ClO3/c1-4-5-6(10)7(9)8(11-2)12-3/h7-8H,4-5H2,1-3H3. The van der Waals surface area contributed by atoms with Crippen molar-refractivity contribution >= 4 is 17.4 Å². The first-order chi connectivity index (χ1) is 5.67. The van der Waals surface area contributed by atoms with Crippen molar-refractivity contribution in [2.24, 2.45) is 0 Å². The van der Waals surface area contributed by atoms with Crippen LogP contribution >= 0.6 is 11.6 Å². The van der Waals surface area contributed by atoms with Gasteiger partial charge in [-0.15, -0.1) is 11.6 Å². The lowest BCUT2D eigenvalue weighted by Gasteiger charge is -2.17. The Hall–Kier alpha value is -0.120. The van der Waals surface area contributed by atoms with Crippen LogP contribution in [-0.2, 0) is 14.3 Å². The number of hydrogen-bond donors (Lipinski definition) is 0. The highest BCUT2D eigenvalue weighted by molar-refractivity contribution is 6.31. The molecule has 0 aromatic heterocycles. The second-order valence-corrected chi connectivity index (χ2v) is 2.93. The normalized spacial score (nSPS) is 13.4. The van der Waals surface area contributed by atoms with Gasteiger partial charge in [-0.3, -0.25) is 4.79 Å². The van der Waals surface area contributed by atoms with Gasteiger partial charge in [0.2, 0.25) is 0 Å². The van der Waals surface area contributed by atoms with Crippen LogP contribution in [0.2, 0.25) is 0 Å². The third-order valence-corrected chi connectivity index (χ3v) is 1.96. The van der Waals surface area contributed by atoms with Gasteiger partial charge in [0.05, 0.1) is 0 Å². The molecule has 0 bridgehead atoms. The highest BCUT2D eigenvalue weighted by Crippen LogP contribution is 2.11. The van der Waals surface area contributed by atoms with Crippen molar-refractivity contribution in [2.75, 3.05) is 14.2 Å². The minimum absolute atomic E-state index is 0.0344. The van der Waals surface area contributed by atoms with Crippen molar-refractivity contribution in [3.8, 4) is 0 Å². The third kappa shape index (κ3) is 3.52. The van der Waals surface area contributed by atoms with Crippen LogP contribution in [0.25, 0.3) is 0 Å². The molecule has 0 heterocycles. The summed E-state index contributed by atoms with van der Waals surface area (Å²) in [7, 11) is 2.92. The zero-order valence-electron chi connectivity index (χ0n) is 7.67. The minimum Gasteiger partial charge on any atom is -0.354 e. The van der Waals surface area contributed by atoms with E-state index in [1.165, 1.54) is 14.2 Å². The van der Waals surface area contributed by atoms with E-state index in [9.17, 15) is 4.79 Å². The second kappa shape index (κ2) is 6.40. The Balaban J connectivity index is 3.96. The van der Waals surface area contributed by atoms with E-state index in [1.807, 2.05) is 6.92 Å². The van der Waals surface area contributed by atoms with Crippen LogP contribution in [0.3, 0.4) is 0 Å². The van der Waals surface area contributed by atoms with E-state index in [1.54, 1.807) is 0 Å². The summed E-state index contributed by atoms with van der Waals surface area (Å²) in [6.07, 6.45) is 0.630. The SMILES string of the molecule is CCCC(=O)C(Cl)C(OC)OC. The van der Waals surface area contributed by atoms with Crippen molar-refractivity contribution in [1.29, 1.82) is 0 Å². The number of Topliss-reactive ketones (excluding diaryl/α,β-unsaturated/α-hetero) is 1. The maximum Gasteiger partial charge on any atom is 0.180 e. The smallest absolute Gasteiger partial charge is 0.180 e. The summed E-state index contributed by atoms with van der Waals surface area (Å²) in [5.74, 6) is -0.0344. The molecule has 0 aromatic carbocycles. The van der Waals surface area contributed by atoms with Crippen LogP contribution in [0, 0.1) is 0 Å². The number of carbonyl (C=O) groups excluding carboxylic acids is 1. The average molecular weight is 195 g/mol. The molecule has 0 spiro atoms. The number of halogens is 1. The first-order valence-electron chi connectivity index (χ1n) is 3.89. The average Bonchev–Trinajstić information content (AvgIpc) is 2.07. The fourth-order valence-corrected chi connectivity index (χ4v) is 1.19. The van der Waals surface area contributed by atoms with Gasteiger partial charge in [0.15, 0.2) is 12.1 Å². The van der Waals surface area contributed by atoms with E-state index >= 15 is 0 Å². The van der Waals surface area contributed by atoms with E-state index in [0.29, 0.717) is 6.42 Å². The topological polar surface area (TPSA) is 35.5 Å². The van der Waals surface area contributed by atoms with Crippen LogP contribution < -0.4 is 0 Å². The molecule has 0 aliphatic heterocycles. The summed E-state index contributed by atoms with van der Waals surface area (Å²) in [4.78, 5) is 11.2. The van der Waals surface area contributed by atoms with E-state index < -0.39 is 11.7 Å². The number of hydrogen-bond acceptors (Lipinski definition) is 3. The molecule has 0 N–H and O–H groups in total. The maximum absolute atomic E-state index is 11.2. The Bertz CT molecular complexity index is 134. The Labute approximate surface area is 78.0 Å². The van der Waals surface area contributed by atoms with Crippen molar-refractivity contribution in [1.82, 2.24) is 0 Å². The van der Waals surface area contributed by atoms with Gasteiger partial charge < -0.3 is 9.47 Å². The molecule has 0 aliphatic carbocycles. The summed E-state index contributed by atoms with van der Waals surface area (Å²) in [5, 5.41) is -0.694. The Morgan fingerprint density at radius 1 is 1.42 bits per heavy atom. The Morgan fingerprint density at radius 3 is 2.25 bits per heavy atom. The molecule has 0 amide bonds. The van der Waals surface area contributed by atoms with Crippen molar-refractivity contribution in [3.05, 3.63) is 0 Å². The summed E-state index contributed by atoms with van der Waals surface area (Å²) < 4.78 is 9.71. The molecule has 0 aliphatic rings. The first-order valence-corrected chi connectivity index (χ1v) is 4.33. The third-order valence-electron chi connectivity index (χ3n) is 1.51. The van der Waals surface area contributed by atoms with Gasteiger partial charge in [0.1, 0.15) is 5.38 Å². The lowest BCUT2D eigenvalue weighted by atomic mass is 10.2. The fourth-order valence-electron chi connectivity index (χ4n) is 0.871. The van der Waals surface area contributed by atoms with Gasteiger partial charge >= 0.3 is 0 Å². The number of ketones is 1. The van der Waals surface area contributed by atoms with Gasteiger partial charge in [-0.25, -0.2) is 0 Å². The number of alkyl halides is 1. The highest BCUT2D eigenvalue weighted by Gasteiger charge is 2.24. The molecule has 12 heavy (non-hydrogen) atoms. The molecule has 1 unspecified atom stereocenters. The Kier molecular flexibility index (Phi) is 6.34. The fraction of sp³-hybridized carbons (Fsp3) is 0.875. The molecule has 0 fully saturated rings. The van der Waals surface area contributed by atoms with Crippen molar-refractivity contribution in [2.45, 2.75) is 31.4 Å². The number of rotatable bonds is 6. The maximum atomic E-state index is 11.2. The molecule has 0 radical (unpaired) electrons. The molecule has 0 aromatic rings. The van der Waals surface area contributed by atoms with Gasteiger partial charge in [0.25, 0.3) is 0 Å². The van der Waals surface area contributed by atoms with Gasteiger partial charge in [-0.2, -0.15) is 0 Å². The Morgan fingerprint density at radius 2 is 1.92 bits per heavy atom. The molecule has 1 atom stereocenters. The lowest BCUT2D eigenvalue weighted by molar-refractivity contribution is -0.135. The molecule has 72 valence electrons. The highest BCUT2D eigenvalue weighted by atomic mass is 35.5. The predicted molar refractivity (Wildman–Crippen MR) is 47.4 cm³/mol. The largest absolute Gasteiger partial charge is 0.354 e. The zero-order valence-corrected chi connectivity index (χ0v) is 8.43. The number of methoxy groups -OCH3 is 2. The van der Waals surface area contributed by atoms with Crippen LogP contribution in [-0.4, -0.2) is 31.7 Å². The molecule has 4 heteroatoms. The van der Waals surface area contributed by atoms with Crippen LogP contribution in [0.4, 0.5) is 0 Å². The van der Waals surface area contributed by atoms with Crippen LogP contribution in [0.15, 0.2) is 0 Å². The van der Waals surface area contributed by atoms with Crippen molar-refractivity contribution < 1.29 is 14.3 Å². The number of ether oxygens (including phenoxy) is 2. The quantitative estimate of drug-likeness (QED) is 0.476. The summed E-state index contributed by atoms with van der Waals surface area (Å²) in [6, 6.07) is 0. The van der Waals surface area contributed by atoms with E-state index in [2.05, 4.69) is 0 Å². The van der Waals surface area contributed by atoms with Gasteiger partial charge in [-0.1, -0.05) is 6.92 Å². The van der Waals surface area contributed by atoms with Gasteiger partial charge in [0, 0.05) is 20.6 Å². The molecular weight excluding hydrogens is 180 g/mol. The monoisotopic (exact) mass is 194 g/mol. The predicted octanol–water partition coefficient (Wildman–Crippen LogP) is 1.58. The lowest BCUT2D eigenvalue weighted by Crippen LogP contribution is -2.32. The van der Waals surface area contributed by atoms with E-state index in [0.717, 1.165) is 6.42 Å². The van der Waals surface area contributed by atoms with E-state index in [4.69, 9.17) is 21.1 Å². The first kappa shape index (κ1) is 11.9. The molecule has 0 saturated heterocycles. The summed E-state index contributed by atoms with van der Waals surface area (Å²) in [5.41, 5.74) is 0. The molecular formula is C8H15ClO3. The minimum atomic E-state index is -0.694. The van der Waals surface area contributed by atoms with E-state index in [-0.39, 0.29) is 5.78 Å². The van der Waals surface area contributed by atoms with Gasteiger partial charge in [-0.05, 0) is 6.42 Å². The molecule has 0 rings (SSSR count). The molecule has 0 saturated carbocycles. The summed E-state index contributed by atoms with van der Waals surface area (Å²) >= 11 is 5.78.